The lowest BCUT2D eigenvalue weighted by Crippen LogP contribution is -2.13. The number of aromatic amines is 1. The predicted molar refractivity (Wildman–Crippen MR) is 119 cm³/mol. The Bertz CT molecular complexity index is 1250. The van der Waals surface area contributed by atoms with E-state index < -0.39 is 0 Å². The summed E-state index contributed by atoms with van der Waals surface area (Å²) in [5.74, 6) is 1.47. The van der Waals surface area contributed by atoms with Gasteiger partial charge < -0.3 is 19.0 Å². The van der Waals surface area contributed by atoms with Crippen molar-refractivity contribution >= 4 is 38.9 Å². The highest BCUT2D eigenvalue weighted by molar-refractivity contribution is 9.10. The van der Waals surface area contributed by atoms with Crippen molar-refractivity contribution in [2.45, 2.75) is 23.0 Å². The zero-order valence-electron chi connectivity index (χ0n) is 16.5. The van der Waals surface area contributed by atoms with Crippen LogP contribution in [-0.4, -0.2) is 33.7 Å². The fourth-order valence-electron chi connectivity index (χ4n) is 3.08. The van der Waals surface area contributed by atoms with E-state index in [9.17, 15) is 0 Å². The van der Waals surface area contributed by atoms with Gasteiger partial charge in [-0.05, 0) is 48.0 Å². The second-order valence-corrected chi connectivity index (χ2v) is 8.37. The average molecular weight is 486 g/mol. The number of nitrogens with zero attached hydrogens (tertiary/aromatic N) is 3. The Labute approximate surface area is 186 Å². The molecule has 0 bridgehead atoms. The van der Waals surface area contributed by atoms with Crippen LogP contribution in [0.5, 0.6) is 11.5 Å². The molecule has 0 saturated carbocycles. The standard InChI is InChI=1S/C21H20BrN5O2S/c1-28-14-7-8-16(29-2)17(11-14)30-21-25-18-19(23)24-12-27(20(18)26-21)10-9-13-5-3-4-6-15(13)22/h3-8,11-12,23H,9-10H2,1-2H3,(H,25,26). The highest BCUT2D eigenvalue weighted by Crippen LogP contribution is 2.36. The summed E-state index contributed by atoms with van der Waals surface area (Å²) in [6, 6.07) is 13.8. The Kier molecular flexibility index (Phi) is 6.10. The molecule has 0 aliphatic carbocycles. The number of H-pyrrole nitrogens is 1. The second kappa shape index (κ2) is 8.93. The van der Waals surface area contributed by atoms with Gasteiger partial charge >= 0.3 is 0 Å². The van der Waals surface area contributed by atoms with E-state index in [1.54, 1.807) is 20.5 Å². The summed E-state index contributed by atoms with van der Waals surface area (Å²) in [7, 11) is 3.26. The van der Waals surface area contributed by atoms with Gasteiger partial charge in [-0.3, -0.25) is 5.41 Å². The van der Waals surface area contributed by atoms with Gasteiger partial charge in [0.2, 0.25) is 0 Å². The van der Waals surface area contributed by atoms with Crippen molar-refractivity contribution < 1.29 is 9.47 Å². The number of methoxy groups -OCH3 is 2. The molecule has 0 radical (unpaired) electrons. The summed E-state index contributed by atoms with van der Waals surface area (Å²) in [6.07, 6.45) is 2.49. The fourth-order valence-corrected chi connectivity index (χ4v) is 4.49. The third-order valence-corrected chi connectivity index (χ3v) is 6.35. The van der Waals surface area contributed by atoms with Gasteiger partial charge in [-0.1, -0.05) is 34.1 Å². The number of rotatable bonds is 7. The largest absolute Gasteiger partial charge is 0.497 e. The molecular formula is C21H20BrN5O2S. The number of aromatic nitrogens is 4. The van der Waals surface area contributed by atoms with Crippen LogP contribution in [0.2, 0.25) is 0 Å². The molecule has 2 heterocycles. The predicted octanol–water partition coefficient (Wildman–Crippen LogP) is 4.41. The Balaban J connectivity index is 1.66. The first-order chi connectivity index (χ1) is 14.6. The van der Waals surface area contributed by atoms with Crippen molar-refractivity contribution in [2.75, 3.05) is 14.2 Å². The normalized spacial score (nSPS) is 11.0. The molecule has 154 valence electrons. The van der Waals surface area contributed by atoms with Crippen LogP contribution < -0.4 is 15.0 Å². The monoisotopic (exact) mass is 485 g/mol. The first-order valence-corrected chi connectivity index (χ1v) is 10.8. The van der Waals surface area contributed by atoms with Crippen LogP contribution in [0.4, 0.5) is 0 Å². The lowest BCUT2D eigenvalue weighted by atomic mass is 10.1. The maximum absolute atomic E-state index is 8.17. The van der Waals surface area contributed by atoms with Crippen LogP contribution in [0.25, 0.3) is 11.2 Å². The summed E-state index contributed by atoms with van der Waals surface area (Å²) < 4.78 is 13.8. The molecule has 0 saturated heterocycles. The molecule has 2 N–H and O–H groups in total. The van der Waals surface area contributed by atoms with Crippen molar-refractivity contribution in [3.63, 3.8) is 0 Å². The topological polar surface area (TPSA) is 88.8 Å². The minimum Gasteiger partial charge on any atom is -0.497 e. The minimum absolute atomic E-state index is 0.166. The summed E-state index contributed by atoms with van der Waals surface area (Å²) in [6.45, 7) is 0.698. The van der Waals surface area contributed by atoms with Gasteiger partial charge in [-0.25, -0.2) is 9.97 Å². The summed E-state index contributed by atoms with van der Waals surface area (Å²) in [4.78, 5) is 13.0. The molecule has 2 aromatic heterocycles. The first-order valence-electron chi connectivity index (χ1n) is 9.22. The minimum atomic E-state index is 0.166. The van der Waals surface area contributed by atoms with Gasteiger partial charge in [0.25, 0.3) is 0 Å². The number of halogens is 1. The number of imidazole rings is 1. The van der Waals surface area contributed by atoms with Crippen LogP contribution in [0.15, 0.2) is 63.3 Å². The van der Waals surface area contributed by atoms with Crippen molar-refractivity contribution in [2.24, 2.45) is 0 Å². The number of nitrogens with one attached hydrogen (secondary N) is 2. The van der Waals surface area contributed by atoms with Gasteiger partial charge in [-0.2, -0.15) is 0 Å². The SMILES string of the molecule is COc1ccc(OC)c(Sc2nc3c([nH]2)c(=N)ncn3CCc2ccccc2Br)c1. The quantitative estimate of drug-likeness (QED) is 0.404. The van der Waals surface area contributed by atoms with Crippen molar-refractivity contribution in [1.29, 1.82) is 5.41 Å². The summed E-state index contributed by atoms with van der Waals surface area (Å²) in [5, 5.41) is 8.83. The molecule has 0 aliphatic heterocycles. The van der Waals surface area contributed by atoms with E-state index in [4.69, 9.17) is 19.9 Å². The molecule has 2 aromatic carbocycles. The van der Waals surface area contributed by atoms with Crippen LogP contribution in [0.1, 0.15) is 5.56 Å². The van der Waals surface area contributed by atoms with Gasteiger partial charge in [-0.15, -0.1) is 0 Å². The molecule has 7 nitrogen and oxygen atoms in total. The van der Waals surface area contributed by atoms with E-state index in [1.807, 2.05) is 41.0 Å². The van der Waals surface area contributed by atoms with E-state index in [0.717, 1.165) is 27.3 Å². The highest BCUT2D eigenvalue weighted by Gasteiger charge is 2.14. The number of aryl methyl sites for hydroxylation is 2. The molecule has 0 aliphatic rings. The van der Waals surface area contributed by atoms with E-state index in [0.29, 0.717) is 22.9 Å². The average Bonchev–Trinajstić information content (AvgIpc) is 3.19. The van der Waals surface area contributed by atoms with E-state index in [1.165, 1.54) is 17.3 Å². The highest BCUT2D eigenvalue weighted by atomic mass is 79.9. The zero-order valence-corrected chi connectivity index (χ0v) is 18.9. The summed E-state index contributed by atoms with van der Waals surface area (Å²) in [5.41, 5.74) is 2.68. The molecule has 4 rings (SSSR count). The van der Waals surface area contributed by atoms with Gasteiger partial charge in [0.15, 0.2) is 16.3 Å². The molecule has 9 heteroatoms. The molecule has 0 amide bonds. The van der Waals surface area contributed by atoms with E-state index in [-0.39, 0.29) is 5.49 Å². The van der Waals surface area contributed by atoms with Gasteiger partial charge in [0, 0.05) is 11.0 Å². The number of hydrogen-bond donors (Lipinski definition) is 2. The lowest BCUT2D eigenvalue weighted by molar-refractivity contribution is 0.394. The Morgan fingerprint density at radius 3 is 2.77 bits per heavy atom. The molecule has 30 heavy (non-hydrogen) atoms. The smallest absolute Gasteiger partial charge is 0.173 e. The summed E-state index contributed by atoms with van der Waals surface area (Å²) >= 11 is 5.02. The number of ether oxygens (including phenoxy) is 2. The van der Waals surface area contributed by atoms with Crippen LogP contribution in [0, 0.1) is 5.41 Å². The zero-order chi connectivity index (χ0) is 21.1. The number of fused-ring (bicyclic) bond motifs is 1. The Morgan fingerprint density at radius 1 is 1.17 bits per heavy atom. The van der Waals surface area contributed by atoms with Gasteiger partial charge in [0.05, 0.1) is 25.4 Å². The van der Waals surface area contributed by atoms with Crippen molar-refractivity contribution in [3.05, 3.63) is 64.3 Å². The Hall–Kier alpha value is -2.78. The molecular weight excluding hydrogens is 466 g/mol. The molecule has 4 aromatic rings. The van der Waals surface area contributed by atoms with Crippen LogP contribution in [0.3, 0.4) is 0 Å². The van der Waals surface area contributed by atoms with Crippen LogP contribution in [-0.2, 0) is 13.0 Å². The molecule has 0 fully saturated rings. The van der Waals surface area contributed by atoms with Crippen LogP contribution >= 0.6 is 27.7 Å². The van der Waals surface area contributed by atoms with E-state index >= 15 is 0 Å². The third kappa shape index (κ3) is 4.22. The Morgan fingerprint density at radius 2 is 2.00 bits per heavy atom. The maximum Gasteiger partial charge on any atom is 0.173 e. The molecule has 0 spiro atoms. The lowest BCUT2D eigenvalue weighted by Gasteiger charge is -2.08. The van der Waals surface area contributed by atoms with Crippen molar-refractivity contribution in [1.82, 2.24) is 19.5 Å². The first kappa shape index (κ1) is 20.5. The van der Waals surface area contributed by atoms with E-state index in [2.05, 4.69) is 32.0 Å². The number of benzene rings is 2. The van der Waals surface area contributed by atoms with Gasteiger partial charge in [0.1, 0.15) is 17.0 Å². The third-order valence-electron chi connectivity index (χ3n) is 4.66. The second-order valence-electron chi connectivity index (χ2n) is 6.49. The molecule has 0 unspecified atom stereocenters. The fraction of sp³-hybridized carbons (Fsp3) is 0.190. The maximum atomic E-state index is 8.17. The number of hydrogen-bond acceptors (Lipinski definition) is 6. The molecule has 0 atom stereocenters. The van der Waals surface area contributed by atoms with Crippen molar-refractivity contribution in [3.8, 4) is 11.5 Å².